The summed E-state index contributed by atoms with van der Waals surface area (Å²) in [6.45, 7) is 2.16. The van der Waals surface area contributed by atoms with E-state index in [2.05, 4.69) is 0 Å². The predicted molar refractivity (Wildman–Crippen MR) is 108 cm³/mol. The summed E-state index contributed by atoms with van der Waals surface area (Å²) in [5.41, 5.74) is 1.92. The molecule has 1 aromatic heterocycles. The molecule has 3 aromatic rings. The number of ether oxygens (including phenoxy) is 1. The predicted octanol–water partition coefficient (Wildman–Crippen LogP) is 4.66. The molecular formula is C20H17F2NO3S2. The zero-order valence-electron chi connectivity index (χ0n) is 14.9. The van der Waals surface area contributed by atoms with Gasteiger partial charge >= 0.3 is 5.97 Å². The number of hydrogen-bond donors (Lipinski definition) is 1. The second kappa shape index (κ2) is 9.07. The standard InChI is InChI=1S/C20H17F2NO3S2/c1-13-2-5-15(6-3-13)23(28-25)11-10-19(24)26-20-9-8-18(27-20)16-12-14(21)4-7-17(16)22/h2-9,12,28H,10-11H2,1H3. The lowest BCUT2D eigenvalue weighted by Gasteiger charge is -2.16. The first kappa shape index (κ1) is 20.2. The Bertz CT molecular complexity index is 989. The van der Waals surface area contributed by atoms with Crippen molar-refractivity contribution in [3.05, 3.63) is 71.8 Å². The molecule has 0 saturated carbocycles. The number of halogens is 2. The Morgan fingerprint density at radius 2 is 1.86 bits per heavy atom. The monoisotopic (exact) mass is 421 g/mol. The van der Waals surface area contributed by atoms with Gasteiger partial charge < -0.3 is 4.74 Å². The second-order valence-corrected chi connectivity index (χ2v) is 7.70. The van der Waals surface area contributed by atoms with E-state index in [1.165, 1.54) is 10.4 Å². The van der Waals surface area contributed by atoms with E-state index < -0.39 is 17.6 Å². The van der Waals surface area contributed by atoms with Gasteiger partial charge in [-0.1, -0.05) is 29.0 Å². The van der Waals surface area contributed by atoms with Crippen LogP contribution >= 0.6 is 11.3 Å². The summed E-state index contributed by atoms with van der Waals surface area (Å²) in [6, 6.07) is 13.7. The lowest BCUT2D eigenvalue weighted by molar-refractivity contribution is -0.133. The molecule has 0 spiro atoms. The van der Waals surface area contributed by atoms with Crippen molar-refractivity contribution in [2.24, 2.45) is 0 Å². The van der Waals surface area contributed by atoms with Crippen LogP contribution in [0.4, 0.5) is 14.5 Å². The minimum atomic E-state index is -0.552. The number of nitrogens with zero attached hydrogens (tertiary/aromatic N) is 1. The molecule has 0 aliphatic rings. The highest BCUT2D eigenvalue weighted by Crippen LogP contribution is 2.35. The molecule has 3 rings (SSSR count). The lowest BCUT2D eigenvalue weighted by atomic mass is 10.2. The molecule has 0 N–H and O–H groups in total. The van der Waals surface area contributed by atoms with Crippen molar-refractivity contribution in [1.82, 2.24) is 0 Å². The Hall–Kier alpha value is -2.58. The highest BCUT2D eigenvalue weighted by Gasteiger charge is 2.14. The van der Waals surface area contributed by atoms with Crippen LogP contribution in [0.5, 0.6) is 5.06 Å². The van der Waals surface area contributed by atoms with Gasteiger partial charge in [0.05, 0.1) is 6.42 Å². The van der Waals surface area contributed by atoms with Crippen LogP contribution in [0.25, 0.3) is 10.4 Å². The Labute approximate surface area is 169 Å². The molecule has 0 radical (unpaired) electrons. The number of carbonyl (C=O) groups is 1. The van der Waals surface area contributed by atoms with Crippen molar-refractivity contribution >= 4 is 34.8 Å². The number of thiol groups is 1. The van der Waals surface area contributed by atoms with Gasteiger partial charge in [-0.3, -0.25) is 9.10 Å². The number of esters is 1. The molecular weight excluding hydrogens is 404 g/mol. The number of hydrogen-bond acceptors (Lipinski definition) is 4. The van der Waals surface area contributed by atoms with Crippen LogP contribution in [-0.4, -0.2) is 16.7 Å². The van der Waals surface area contributed by atoms with Crippen molar-refractivity contribution in [2.75, 3.05) is 10.8 Å². The van der Waals surface area contributed by atoms with Crippen LogP contribution in [0.15, 0.2) is 54.6 Å². The maximum absolute atomic E-state index is 13.9. The van der Waals surface area contributed by atoms with E-state index in [9.17, 15) is 17.8 Å². The highest BCUT2D eigenvalue weighted by atomic mass is 32.2. The van der Waals surface area contributed by atoms with Gasteiger partial charge in [0.15, 0.2) is 5.06 Å². The minimum absolute atomic E-state index is 0.0185. The molecule has 0 aliphatic carbocycles. The van der Waals surface area contributed by atoms with Gasteiger partial charge in [-0.2, -0.15) is 0 Å². The molecule has 2 aromatic carbocycles. The zero-order chi connectivity index (χ0) is 20.1. The number of benzene rings is 2. The maximum Gasteiger partial charge on any atom is 0.313 e. The number of anilines is 1. The Kier molecular flexibility index (Phi) is 6.53. The fourth-order valence-electron chi connectivity index (χ4n) is 2.50. The zero-order valence-corrected chi connectivity index (χ0v) is 16.6. The maximum atomic E-state index is 13.9. The Balaban J connectivity index is 1.61. The van der Waals surface area contributed by atoms with Crippen molar-refractivity contribution < 1.29 is 22.5 Å². The van der Waals surface area contributed by atoms with Crippen LogP contribution < -0.4 is 9.04 Å². The molecule has 0 unspecified atom stereocenters. The average molecular weight is 421 g/mol. The van der Waals surface area contributed by atoms with Gasteiger partial charge in [-0.15, -0.1) is 0 Å². The van der Waals surface area contributed by atoms with Crippen LogP contribution in [0, 0.1) is 18.6 Å². The van der Waals surface area contributed by atoms with E-state index in [1.807, 2.05) is 31.2 Å². The molecule has 8 heteroatoms. The van der Waals surface area contributed by atoms with Gasteiger partial charge in [0, 0.05) is 22.7 Å². The van der Waals surface area contributed by atoms with E-state index in [0.717, 1.165) is 40.8 Å². The smallest absolute Gasteiger partial charge is 0.313 e. The summed E-state index contributed by atoms with van der Waals surface area (Å²) < 4.78 is 45.4. The van der Waals surface area contributed by atoms with Crippen molar-refractivity contribution in [1.29, 1.82) is 0 Å². The third kappa shape index (κ3) is 5.02. The summed E-state index contributed by atoms with van der Waals surface area (Å²) in [5.74, 6) is -1.60. The summed E-state index contributed by atoms with van der Waals surface area (Å²) in [4.78, 5) is 12.6. The van der Waals surface area contributed by atoms with Gasteiger partial charge in [0.1, 0.15) is 23.5 Å². The topological polar surface area (TPSA) is 46.6 Å². The van der Waals surface area contributed by atoms with Crippen LogP contribution in [0.2, 0.25) is 0 Å². The molecule has 0 aliphatic heterocycles. The lowest BCUT2D eigenvalue weighted by Crippen LogP contribution is -2.23. The third-order valence-electron chi connectivity index (χ3n) is 3.95. The first-order valence-corrected chi connectivity index (χ1v) is 9.98. The first-order valence-electron chi connectivity index (χ1n) is 8.39. The molecule has 146 valence electrons. The number of aryl methyl sites for hydroxylation is 1. The fourth-order valence-corrected chi connectivity index (χ4v) is 3.80. The number of thiophene rings is 1. The summed E-state index contributed by atoms with van der Waals surface area (Å²) in [6.07, 6.45) is 0.0185. The van der Waals surface area contributed by atoms with E-state index in [0.29, 0.717) is 4.88 Å². The SMILES string of the molecule is Cc1ccc(N(CCC(=O)Oc2ccc(-c3cc(F)ccc3F)s2)[SH]=O)cc1. The van der Waals surface area contributed by atoms with Gasteiger partial charge in [-0.05, 0) is 49.4 Å². The number of carbonyl (C=O) groups excluding carboxylic acids is 1. The molecule has 0 saturated heterocycles. The quantitative estimate of drug-likeness (QED) is 0.446. The largest absolute Gasteiger partial charge is 0.415 e. The summed E-state index contributed by atoms with van der Waals surface area (Å²) >= 11 is 0.827. The first-order chi connectivity index (χ1) is 13.5. The van der Waals surface area contributed by atoms with E-state index in [-0.39, 0.29) is 35.4 Å². The van der Waals surface area contributed by atoms with Crippen LogP contribution in [0.3, 0.4) is 0 Å². The third-order valence-corrected chi connectivity index (χ3v) is 5.57. The summed E-state index contributed by atoms with van der Waals surface area (Å²) in [7, 11) is 0. The average Bonchev–Trinajstić information content (AvgIpc) is 3.13. The van der Waals surface area contributed by atoms with E-state index in [4.69, 9.17) is 4.74 Å². The fraction of sp³-hybridized carbons (Fsp3) is 0.150. The molecule has 0 bridgehead atoms. The molecule has 0 fully saturated rings. The van der Waals surface area contributed by atoms with Crippen molar-refractivity contribution in [3.63, 3.8) is 0 Å². The minimum Gasteiger partial charge on any atom is -0.415 e. The molecule has 0 amide bonds. The van der Waals surface area contributed by atoms with Gasteiger partial charge in [0.2, 0.25) is 0 Å². The van der Waals surface area contributed by atoms with Gasteiger partial charge in [0.25, 0.3) is 0 Å². The molecule has 0 atom stereocenters. The van der Waals surface area contributed by atoms with Crippen molar-refractivity contribution in [2.45, 2.75) is 13.3 Å². The normalized spacial score (nSPS) is 10.7. The van der Waals surface area contributed by atoms with E-state index in [1.54, 1.807) is 6.07 Å². The number of rotatable bonds is 7. The second-order valence-electron chi connectivity index (χ2n) is 6.01. The van der Waals surface area contributed by atoms with Crippen LogP contribution in [0.1, 0.15) is 12.0 Å². The molecule has 28 heavy (non-hydrogen) atoms. The highest BCUT2D eigenvalue weighted by molar-refractivity contribution is 7.67. The summed E-state index contributed by atoms with van der Waals surface area (Å²) in [5, 5.41) is 0.283. The molecule has 4 nitrogen and oxygen atoms in total. The molecule has 1 heterocycles. The Morgan fingerprint density at radius 1 is 1.11 bits per heavy atom. The Morgan fingerprint density at radius 3 is 2.57 bits per heavy atom. The van der Waals surface area contributed by atoms with Crippen molar-refractivity contribution in [3.8, 4) is 15.5 Å². The van der Waals surface area contributed by atoms with Gasteiger partial charge in [-0.25, -0.2) is 13.0 Å². The van der Waals surface area contributed by atoms with E-state index >= 15 is 0 Å². The van der Waals surface area contributed by atoms with Crippen LogP contribution in [-0.2, 0) is 16.6 Å².